The lowest BCUT2D eigenvalue weighted by atomic mass is 10.2. The van der Waals surface area contributed by atoms with Crippen LogP contribution < -0.4 is 9.94 Å². The van der Waals surface area contributed by atoms with E-state index in [4.69, 9.17) is 0 Å². The number of hydrazone groups is 1. The van der Waals surface area contributed by atoms with Crippen LogP contribution in [0.3, 0.4) is 0 Å². The number of rotatable bonds is 4. The Hall–Kier alpha value is -3.02. The van der Waals surface area contributed by atoms with Crippen molar-refractivity contribution < 1.29 is 4.52 Å². The molecule has 3 rings (SSSR count). The van der Waals surface area contributed by atoms with E-state index < -0.39 is 0 Å². The summed E-state index contributed by atoms with van der Waals surface area (Å²) >= 11 is 0. The maximum Gasteiger partial charge on any atom is 0.325 e. The second-order valence-corrected chi connectivity index (χ2v) is 4.05. The van der Waals surface area contributed by atoms with E-state index in [1.54, 1.807) is 17.1 Å². The van der Waals surface area contributed by atoms with E-state index in [-0.39, 0.29) is 0 Å². The predicted molar refractivity (Wildman–Crippen MR) is 77.1 cm³/mol. The summed E-state index contributed by atoms with van der Waals surface area (Å²) in [6.07, 6.45) is 7.19. The summed E-state index contributed by atoms with van der Waals surface area (Å²) in [5.41, 5.74) is 4.74. The van der Waals surface area contributed by atoms with Gasteiger partial charge in [-0.05, 0) is 17.7 Å². The van der Waals surface area contributed by atoms with Crippen molar-refractivity contribution in [2.24, 2.45) is 5.10 Å². The predicted octanol–water partition coefficient (Wildman–Crippen LogP) is 1.65. The van der Waals surface area contributed by atoms with Gasteiger partial charge in [0.15, 0.2) is 5.82 Å². The highest BCUT2D eigenvalue weighted by molar-refractivity contribution is 5.78. The Kier molecular flexibility index (Phi) is 3.46. The molecule has 0 spiro atoms. The molecule has 0 unspecified atom stereocenters. The zero-order valence-electron chi connectivity index (χ0n) is 10.6. The molecule has 2 N–H and O–H groups in total. The van der Waals surface area contributed by atoms with Gasteiger partial charge in [-0.2, -0.15) is 5.10 Å². The Bertz CT molecular complexity index is 744. The first kappa shape index (κ1) is 12.0. The van der Waals surface area contributed by atoms with Gasteiger partial charge in [0.25, 0.3) is 0 Å². The van der Waals surface area contributed by atoms with Gasteiger partial charge < -0.3 is 0 Å². The first-order valence-electron chi connectivity index (χ1n) is 6.15. The van der Waals surface area contributed by atoms with Crippen molar-refractivity contribution in [3.8, 4) is 0 Å². The second-order valence-electron chi connectivity index (χ2n) is 4.05. The van der Waals surface area contributed by atoms with E-state index in [1.165, 1.54) is 0 Å². The molecular formula is C14H13N6+. The Morgan fingerprint density at radius 1 is 1.15 bits per heavy atom. The summed E-state index contributed by atoms with van der Waals surface area (Å²) in [6.45, 7) is 0. The molecule has 1 aromatic carbocycles. The van der Waals surface area contributed by atoms with Gasteiger partial charge in [-0.15, -0.1) is 9.61 Å². The molecule has 0 aliphatic heterocycles. The zero-order valence-corrected chi connectivity index (χ0v) is 10.6. The smallest absolute Gasteiger partial charge is 0.259 e. The van der Waals surface area contributed by atoms with Gasteiger partial charge in [0.1, 0.15) is 0 Å². The molecule has 0 amide bonds. The topological polar surface area (TPSA) is 70.1 Å². The molecule has 20 heavy (non-hydrogen) atoms. The van der Waals surface area contributed by atoms with Crippen molar-refractivity contribution in [1.29, 1.82) is 0 Å². The van der Waals surface area contributed by atoms with Crippen LogP contribution in [0, 0.1) is 0 Å². The van der Waals surface area contributed by atoms with Crippen LogP contribution >= 0.6 is 0 Å². The molecule has 0 fully saturated rings. The van der Waals surface area contributed by atoms with Crippen LogP contribution in [-0.2, 0) is 0 Å². The number of nitrogens with one attached hydrogen (secondary N) is 2. The Balaban J connectivity index is 1.61. The molecule has 6 nitrogen and oxygen atoms in total. The first-order chi connectivity index (χ1) is 9.92. The van der Waals surface area contributed by atoms with E-state index in [1.807, 2.05) is 54.6 Å². The normalized spacial score (nSPS) is 11.6. The fraction of sp³-hybridized carbons (Fsp3) is 0. The number of H-pyrrole nitrogens is 1. The largest absolute Gasteiger partial charge is 0.325 e. The third kappa shape index (κ3) is 2.86. The van der Waals surface area contributed by atoms with E-state index in [0.717, 1.165) is 11.2 Å². The summed E-state index contributed by atoms with van der Waals surface area (Å²) < 4.78 is 1.64. The van der Waals surface area contributed by atoms with Gasteiger partial charge in [-0.3, -0.25) is 5.43 Å². The van der Waals surface area contributed by atoms with Crippen molar-refractivity contribution in [3.63, 3.8) is 0 Å². The highest BCUT2D eigenvalue weighted by atomic mass is 15.4. The molecular weight excluding hydrogens is 252 g/mol. The van der Waals surface area contributed by atoms with Gasteiger partial charge >= 0.3 is 5.65 Å². The molecule has 2 heterocycles. The molecule has 0 atom stereocenters. The van der Waals surface area contributed by atoms with Crippen LogP contribution in [0.5, 0.6) is 0 Å². The highest BCUT2D eigenvalue weighted by Crippen LogP contribution is 2.01. The van der Waals surface area contributed by atoms with Gasteiger partial charge in [0, 0.05) is 17.4 Å². The number of aromatic nitrogens is 4. The minimum Gasteiger partial charge on any atom is -0.259 e. The first-order valence-corrected chi connectivity index (χ1v) is 6.15. The molecule has 0 aliphatic carbocycles. The van der Waals surface area contributed by atoms with Crippen LogP contribution in [0.15, 0.2) is 60.0 Å². The number of fused-ring (bicyclic) bond motifs is 1. The van der Waals surface area contributed by atoms with Crippen molar-refractivity contribution in [2.45, 2.75) is 0 Å². The number of hydrogen-bond donors (Lipinski definition) is 2. The van der Waals surface area contributed by atoms with Crippen molar-refractivity contribution in [2.75, 3.05) is 5.43 Å². The van der Waals surface area contributed by atoms with Crippen LogP contribution in [-0.4, -0.2) is 21.5 Å². The second kappa shape index (κ2) is 5.75. The third-order valence-electron chi connectivity index (χ3n) is 2.63. The Morgan fingerprint density at radius 3 is 2.95 bits per heavy atom. The number of benzene rings is 1. The fourth-order valence-corrected chi connectivity index (χ4v) is 1.69. The van der Waals surface area contributed by atoms with E-state index in [9.17, 15) is 0 Å². The lowest BCUT2D eigenvalue weighted by molar-refractivity contribution is -0.579. The van der Waals surface area contributed by atoms with Crippen molar-refractivity contribution in [1.82, 2.24) is 15.3 Å². The molecule has 6 heteroatoms. The van der Waals surface area contributed by atoms with Crippen molar-refractivity contribution in [3.05, 3.63) is 60.4 Å². The summed E-state index contributed by atoms with van der Waals surface area (Å²) in [7, 11) is 0. The lowest BCUT2D eigenvalue weighted by Gasteiger charge is -1.94. The summed E-state index contributed by atoms with van der Waals surface area (Å²) in [6, 6.07) is 13.7. The molecule has 0 saturated heterocycles. The number of hydrogen-bond acceptors (Lipinski definition) is 4. The molecule has 0 bridgehead atoms. The number of nitrogens with zero attached hydrogens (tertiary/aromatic N) is 4. The molecule has 3 aromatic rings. The molecule has 0 saturated carbocycles. The monoisotopic (exact) mass is 265 g/mol. The average Bonchev–Trinajstić information content (AvgIpc) is 2.95. The van der Waals surface area contributed by atoms with E-state index in [2.05, 4.69) is 25.8 Å². The van der Waals surface area contributed by atoms with Crippen LogP contribution in [0.4, 0.5) is 5.82 Å². The Morgan fingerprint density at radius 2 is 2.05 bits per heavy atom. The summed E-state index contributed by atoms with van der Waals surface area (Å²) in [4.78, 5) is 0. The molecule has 0 radical (unpaired) electrons. The van der Waals surface area contributed by atoms with E-state index >= 15 is 0 Å². The highest BCUT2D eigenvalue weighted by Gasteiger charge is 2.04. The van der Waals surface area contributed by atoms with Crippen LogP contribution in [0.1, 0.15) is 5.56 Å². The standard InChI is InChI=1S/C14H12N6/c1-2-5-12(6-3-1)7-4-10-15-17-13-8-9-14-18-16-11-20(14)19-13/h1-11H,(H,17,19)/p+1/b7-4+,15-10+. The average molecular weight is 265 g/mol. The summed E-state index contributed by atoms with van der Waals surface area (Å²) in [5.74, 6) is 0.647. The summed E-state index contributed by atoms with van der Waals surface area (Å²) in [5, 5.41) is 15.1. The fourth-order valence-electron chi connectivity index (χ4n) is 1.69. The van der Waals surface area contributed by atoms with Gasteiger partial charge in [-0.25, -0.2) is 0 Å². The minimum absolute atomic E-state index is 0.647. The molecule has 98 valence electrons. The number of anilines is 1. The minimum atomic E-state index is 0.647. The van der Waals surface area contributed by atoms with Crippen LogP contribution in [0.2, 0.25) is 0 Å². The van der Waals surface area contributed by atoms with Gasteiger partial charge in [0.05, 0.1) is 0 Å². The SMILES string of the molecule is C(=C\c1ccccc1)/C=N/Nc1ccc2n[nH]c[n+]2n1. The Labute approximate surface area is 115 Å². The van der Waals surface area contributed by atoms with Crippen LogP contribution in [0.25, 0.3) is 11.7 Å². The number of aromatic amines is 1. The third-order valence-corrected chi connectivity index (χ3v) is 2.63. The maximum atomic E-state index is 4.26. The lowest BCUT2D eigenvalue weighted by Crippen LogP contribution is -2.24. The molecule has 0 aliphatic rings. The van der Waals surface area contributed by atoms with Crippen molar-refractivity contribution >= 4 is 23.8 Å². The zero-order chi connectivity index (χ0) is 13.6. The van der Waals surface area contributed by atoms with Gasteiger partial charge in [-0.1, -0.05) is 41.5 Å². The van der Waals surface area contributed by atoms with E-state index in [0.29, 0.717) is 5.82 Å². The van der Waals surface area contributed by atoms with Gasteiger partial charge in [0.2, 0.25) is 6.33 Å². The molecule has 2 aromatic heterocycles. The quantitative estimate of drug-likeness (QED) is 0.428. The number of allylic oxidation sites excluding steroid dienone is 1. The maximum absolute atomic E-state index is 4.26.